The van der Waals surface area contributed by atoms with Gasteiger partial charge in [-0.15, -0.1) is 0 Å². The summed E-state index contributed by atoms with van der Waals surface area (Å²) in [5, 5.41) is 7.41. The van der Waals surface area contributed by atoms with Gasteiger partial charge in [-0.05, 0) is 35.2 Å². The number of hydrogen-bond acceptors (Lipinski definition) is 1. The van der Waals surface area contributed by atoms with E-state index in [4.69, 9.17) is 0 Å². The summed E-state index contributed by atoms with van der Waals surface area (Å²) in [6.45, 7) is 0.936. The molecule has 2 aromatic carbocycles. The van der Waals surface area contributed by atoms with Gasteiger partial charge in [0.05, 0.1) is 12.1 Å². The number of para-hydroxylation sites is 1. The number of benzene rings is 2. The average molecular weight is 360 g/mol. The maximum absolute atomic E-state index is 12.6. The van der Waals surface area contributed by atoms with Crippen LogP contribution in [-0.2, 0) is 19.3 Å². The van der Waals surface area contributed by atoms with Crippen molar-refractivity contribution in [1.82, 2.24) is 15.6 Å². The molecule has 4 nitrogen and oxygen atoms in total. The molecule has 0 aliphatic rings. The number of nitrogens with zero attached hydrogens (tertiary/aromatic N) is 1. The van der Waals surface area contributed by atoms with Gasteiger partial charge in [-0.2, -0.15) is 13.2 Å². The minimum absolute atomic E-state index is 0.379. The fraction of sp³-hybridized carbons (Fsp3) is 0.211. The van der Waals surface area contributed by atoms with Crippen LogP contribution in [0.1, 0.15) is 16.8 Å². The summed E-state index contributed by atoms with van der Waals surface area (Å²) in [5.74, 6) is 0.573. The van der Waals surface area contributed by atoms with Gasteiger partial charge in [-0.1, -0.05) is 30.3 Å². The molecule has 0 aliphatic heterocycles. The van der Waals surface area contributed by atoms with Gasteiger partial charge in [-0.25, -0.2) is 0 Å². The van der Waals surface area contributed by atoms with Crippen molar-refractivity contribution in [3.05, 3.63) is 71.4 Å². The van der Waals surface area contributed by atoms with E-state index in [0.717, 1.165) is 34.3 Å². The van der Waals surface area contributed by atoms with Crippen molar-refractivity contribution in [2.45, 2.75) is 19.3 Å². The van der Waals surface area contributed by atoms with E-state index in [9.17, 15) is 13.2 Å². The number of fused-ring (bicyclic) bond motifs is 1. The molecule has 0 saturated carbocycles. The lowest BCUT2D eigenvalue weighted by atomic mass is 10.1. The van der Waals surface area contributed by atoms with Gasteiger partial charge >= 0.3 is 6.18 Å². The van der Waals surface area contributed by atoms with E-state index in [2.05, 4.69) is 26.7 Å². The Balaban J connectivity index is 1.54. The molecule has 0 amide bonds. The molecular formula is C19H19F3N4. The van der Waals surface area contributed by atoms with Crippen LogP contribution in [0.2, 0.25) is 0 Å². The van der Waals surface area contributed by atoms with E-state index in [0.29, 0.717) is 19.0 Å². The first-order valence-corrected chi connectivity index (χ1v) is 8.13. The molecule has 0 spiro atoms. The van der Waals surface area contributed by atoms with Crippen molar-refractivity contribution in [2.24, 2.45) is 4.99 Å². The molecular weight excluding hydrogens is 341 g/mol. The Hall–Kier alpha value is -2.96. The number of alkyl halides is 3. The van der Waals surface area contributed by atoms with Crippen LogP contribution >= 0.6 is 0 Å². The third-order valence-electron chi connectivity index (χ3n) is 4.00. The van der Waals surface area contributed by atoms with E-state index in [-0.39, 0.29) is 0 Å². The Bertz CT molecular complexity index is 862. The predicted molar refractivity (Wildman–Crippen MR) is 96.8 cm³/mol. The zero-order valence-corrected chi connectivity index (χ0v) is 14.2. The largest absolute Gasteiger partial charge is 0.416 e. The van der Waals surface area contributed by atoms with E-state index in [1.54, 1.807) is 7.05 Å². The number of H-pyrrole nitrogens is 1. The van der Waals surface area contributed by atoms with Gasteiger partial charge in [0, 0.05) is 24.8 Å². The highest BCUT2D eigenvalue weighted by molar-refractivity contribution is 5.81. The summed E-state index contributed by atoms with van der Waals surface area (Å²) in [7, 11) is 1.65. The third kappa shape index (κ3) is 4.36. The van der Waals surface area contributed by atoms with Gasteiger partial charge in [0.15, 0.2) is 5.96 Å². The van der Waals surface area contributed by atoms with Crippen molar-refractivity contribution in [3.8, 4) is 0 Å². The van der Waals surface area contributed by atoms with Crippen LogP contribution in [0.3, 0.4) is 0 Å². The minimum atomic E-state index is -4.32. The molecule has 0 aliphatic carbocycles. The maximum Gasteiger partial charge on any atom is 0.416 e. The SMILES string of the molecule is CN=C(NCc1ccc(C(F)(F)F)cc1)NCc1cc2ccccc2[nH]1. The van der Waals surface area contributed by atoms with E-state index >= 15 is 0 Å². The van der Waals surface area contributed by atoms with Crippen LogP contribution < -0.4 is 10.6 Å². The number of halogens is 3. The second-order valence-corrected chi connectivity index (χ2v) is 5.86. The highest BCUT2D eigenvalue weighted by Gasteiger charge is 2.29. The fourth-order valence-corrected chi connectivity index (χ4v) is 2.63. The molecule has 26 heavy (non-hydrogen) atoms. The van der Waals surface area contributed by atoms with Crippen molar-refractivity contribution in [2.75, 3.05) is 7.05 Å². The summed E-state index contributed by atoms with van der Waals surface area (Å²) < 4.78 is 37.7. The van der Waals surface area contributed by atoms with Crippen LogP contribution in [-0.4, -0.2) is 18.0 Å². The third-order valence-corrected chi connectivity index (χ3v) is 4.00. The van der Waals surface area contributed by atoms with Crippen LogP contribution in [0.4, 0.5) is 13.2 Å². The second-order valence-electron chi connectivity index (χ2n) is 5.86. The quantitative estimate of drug-likeness (QED) is 0.486. The van der Waals surface area contributed by atoms with E-state index in [1.165, 1.54) is 12.1 Å². The molecule has 1 aromatic heterocycles. The predicted octanol–water partition coefficient (Wildman–Crippen LogP) is 4.05. The lowest BCUT2D eigenvalue weighted by Gasteiger charge is -2.12. The number of nitrogens with one attached hydrogen (secondary N) is 3. The molecule has 136 valence electrons. The summed E-state index contributed by atoms with van der Waals surface area (Å²) in [5.41, 5.74) is 2.18. The van der Waals surface area contributed by atoms with Crippen LogP contribution in [0.5, 0.6) is 0 Å². The Morgan fingerprint density at radius 3 is 2.35 bits per heavy atom. The lowest BCUT2D eigenvalue weighted by molar-refractivity contribution is -0.137. The normalized spacial score (nSPS) is 12.4. The number of hydrogen-bond donors (Lipinski definition) is 3. The Morgan fingerprint density at radius 2 is 1.69 bits per heavy atom. The van der Waals surface area contributed by atoms with Crippen molar-refractivity contribution in [3.63, 3.8) is 0 Å². The second kappa shape index (κ2) is 7.51. The number of aliphatic imine (C=N–C) groups is 1. The highest BCUT2D eigenvalue weighted by Crippen LogP contribution is 2.29. The first-order valence-electron chi connectivity index (χ1n) is 8.13. The molecule has 3 N–H and O–H groups in total. The van der Waals surface area contributed by atoms with Gasteiger partial charge in [0.1, 0.15) is 0 Å². The van der Waals surface area contributed by atoms with Crippen LogP contribution in [0, 0.1) is 0 Å². The van der Waals surface area contributed by atoms with Crippen LogP contribution in [0.25, 0.3) is 10.9 Å². The monoisotopic (exact) mass is 360 g/mol. The Kier molecular flexibility index (Phi) is 5.16. The lowest BCUT2D eigenvalue weighted by Crippen LogP contribution is -2.36. The Labute approximate surface area is 149 Å². The first-order chi connectivity index (χ1) is 12.5. The van der Waals surface area contributed by atoms with Gasteiger partial charge in [-0.3, -0.25) is 4.99 Å². The number of rotatable bonds is 4. The zero-order valence-electron chi connectivity index (χ0n) is 14.2. The van der Waals surface area contributed by atoms with Gasteiger partial charge in [0.25, 0.3) is 0 Å². The molecule has 1 heterocycles. The maximum atomic E-state index is 12.6. The van der Waals surface area contributed by atoms with Crippen molar-refractivity contribution >= 4 is 16.9 Å². The number of aromatic amines is 1. The summed E-state index contributed by atoms with van der Waals surface area (Å²) in [4.78, 5) is 7.45. The molecule has 7 heteroatoms. The molecule has 0 unspecified atom stereocenters. The molecule has 0 fully saturated rings. The zero-order chi connectivity index (χ0) is 18.6. The first kappa shape index (κ1) is 17.8. The summed E-state index contributed by atoms with van der Waals surface area (Å²) in [6.07, 6.45) is -4.32. The van der Waals surface area contributed by atoms with E-state index < -0.39 is 11.7 Å². The molecule has 0 bridgehead atoms. The summed E-state index contributed by atoms with van der Waals surface area (Å²) >= 11 is 0. The summed E-state index contributed by atoms with van der Waals surface area (Å²) in [6, 6.07) is 15.1. The Morgan fingerprint density at radius 1 is 1.00 bits per heavy atom. The van der Waals surface area contributed by atoms with Crippen molar-refractivity contribution in [1.29, 1.82) is 0 Å². The molecule has 3 aromatic rings. The molecule has 0 saturated heterocycles. The molecule has 0 atom stereocenters. The highest BCUT2D eigenvalue weighted by atomic mass is 19.4. The number of guanidine groups is 1. The van der Waals surface area contributed by atoms with Crippen molar-refractivity contribution < 1.29 is 13.2 Å². The van der Waals surface area contributed by atoms with Gasteiger partial charge < -0.3 is 15.6 Å². The van der Waals surface area contributed by atoms with E-state index in [1.807, 2.05) is 24.3 Å². The minimum Gasteiger partial charge on any atom is -0.357 e. The standard InChI is InChI=1S/C19H19F3N4/c1-23-18(24-11-13-6-8-15(9-7-13)19(20,21)22)25-12-16-10-14-4-2-3-5-17(14)26-16/h2-10,26H,11-12H2,1H3,(H2,23,24,25). The average Bonchev–Trinajstić information content (AvgIpc) is 3.04. The molecule has 0 radical (unpaired) electrons. The van der Waals surface area contributed by atoms with Gasteiger partial charge in [0.2, 0.25) is 0 Å². The smallest absolute Gasteiger partial charge is 0.357 e. The number of aromatic nitrogens is 1. The molecule has 3 rings (SSSR count). The topological polar surface area (TPSA) is 52.2 Å². The fourth-order valence-electron chi connectivity index (χ4n) is 2.63. The van der Waals surface area contributed by atoms with Crippen LogP contribution in [0.15, 0.2) is 59.6 Å².